The molecule has 0 N–H and O–H groups in total. The average Bonchev–Trinajstić information content (AvgIpc) is 2.23. The molecule has 1 saturated heterocycles. The second kappa shape index (κ2) is 3.76. The van der Waals surface area contributed by atoms with Gasteiger partial charge in [0.25, 0.3) is 5.92 Å². The van der Waals surface area contributed by atoms with Crippen LogP contribution in [0.1, 0.15) is 13.3 Å². The van der Waals surface area contributed by atoms with Gasteiger partial charge in [-0.2, -0.15) is 0 Å². The summed E-state index contributed by atoms with van der Waals surface area (Å²) in [4.78, 5) is 6.08. The minimum atomic E-state index is -2.52. The van der Waals surface area contributed by atoms with Gasteiger partial charge in [-0.15, -0.1) is 0 Å². The molecule has 0 bridgehead atoms. The van der Waals surface area contributed by atoms with Crippen molar-refractivity contribution in [3.63, 3.8) is 0 Å². The Hall–Kier alpha value is -1.19. The highest BCUT2D eigenvalue weighted by molar-refractivity contribution is 5.38. The molecule has 0 aromatic carbocycles. The zero-order valence-electron chi connectivity index (χ0n) is 8.66. The van der Waals surface area contributed by atoms with Gasteiger partial charge in [0.05, 0.1) is 0 Å². The summed E-state index contributed by atoms with van der Waals surface area (Å²) < 4.78 is 26.5. The Labute approximate surface area is 87.9 Å². The summed E-state index contributed by atoms with van der Waals surface area (Å²) in [6, 6.07) is 5.56. The molecule has 1 aromatic rings. The summed E-state index contributed by atoms with van der Waals surface area (Å²) >= 11 is 0. The van der Waals surface area contributed by atoms with Crippen molar-refractivity contribution in [2.24, 2.45) is 5.92 Å². The number of hydrogen-bond acceptors (Lipinski definition) is 2. The number of piperidine rings is 1. The van der Waals surface area contributed by atoms with E-state index in [4.69, 9.17) is 0 Å². The fourth-order valence-corrected chi connectivity index (χ4v) is 1.83. The quantitative estimate of drug-likeness (QED) is 0.711. The van der Waals surface area contributed by atoms with E-state index in [1.807, 2.05) is 23.1 Å². The Morgan fingerprint density at radius 1 is 1.47 bits per heavy atom. The smallest absolute Gasteiger partial charge is 0.254 e. The van der Waals surface area contributed by atoms with Gasteiger partial charge in [-0.3, -0.25) is 0 Å². The Kier molecular flexibility index (Phi) is 2.59. The Balaban J connectivity index is 2.10. The van der Waals surface area contributed by atoms with Crippen LogP contribution in [-0.4, -0.2) is 24.0 Å². The van der Waals surface area contributed by atoms with Crippen LogP contribution in [0.15, 0.2) is 24.4 Å². The van der Waals surface area contributed by atoms with Gasteiger partial charge >= 0.3 is 0 Å². The van der Waals surface area contributed by atoms with E-state index in [-0.39, 0.29) is 6.42 Å². The standard InChI is InChI=1S/C11H14F2N2/c1-9-8-15(7-5-11(9,12)13)10-4-2-3-6-14-10/h2-4,6,9H,5,7-8H2,1H3/t9-/m0/s1. The third-order valence-corrected chi connectivity index (χ3v) is 2.90. The first-order valence-corrected chi connectivity index (χ1v) is 5.13. The number of hydrogen-bond donors (Lipinski definition) is 0. The van der Waals surface area contributed by atoms with Crippen molar-refractivity contribution in [2.45, 2.75) is 19.3 Å². The van der Waals surface area contributed by atoms with Crippen molar-refractivity contribution in [3.05, 3.63) is 24.4 Å². The molecule has 0 amide bonds. The number of alkyl halides is 2. The van der Waals surface area contributed by atoms with Gasteiger partial charge in [0.15, 0.2) is 0 Å². The molecule has 1 fully saturated rings. The topological polar surface area (TPSA) is 16.1 Å². The SMILES string of the molecule is C[C@H]1CN(c2ccccn2)CCC1(F)F. The summed E-state index contributed by atoms with van der Waals surface area (Å²) in [5.41, 5.74) is 0. The third kappa shape index (κ3) is 2.08. The van der Waals surface area contributed by atoms with E-state index < -0.39 is 11.8 Å². The van der Waals surface area contributed by atoms with E-state index >= 15 is 0 Å². The van der Waals surface area contributed by atoms with Crippen LogP contribution < -0.4 is 4.90 Å². The molecular weight excluding hydrogens is 198 g/mol. The monoisotopic (exact) mass is 212 g/mol. The van der Waals surface area contributed by atoms with Crippen LogP contribution in [0, 0.1) is 5.92 Å². The van der Waals surface area contributed by atoms with Crippen LogP contribution in [0.4, 0.5) is 14.6 Å². The first-order chi connectivity index (χ1) is 7.09. The lowest BCUT2D eigenvalue weighted by molar-refractivity contribution is -0.0652. The van der Waals surface area contributed by atoms with Gasteiger partial charge in [0.1, 0.15) is 5.82 Å². The van der Waals surface area contributed by atoms with E-state index in [1.165, 1.54) is 0 Å². The van der Waals surface area contributed by atoms with Gasteiger partial charge in [0.2, 0.25) is 0 Å². The number of halogens is 2. The average molecular weight is 212 g/mol. The molecule has 1 aromatic heterocycles. The number of rotatable bonds is 1. The van der Waals surface area contributed by atoms with Crippen LogP contribution in [-0.2, 0) is 0 Å². The van der Waals surface area contributed by atoms with E-state index in [9.17, 15) is 8.78 Å². The van der Waals surface area contributed by atoms with Gasteiger partial charge in [-0.05, 0) is 12.1 Å². The first kappa shape index (κ1) is 10.3. The van der Waals surface area contributed by atoms with Crippen LogP contribution in [0.5, 0.6) is 0 Å². The van der Waals surface area contributed by atoms with Gasteiger partial charge < -0.3 is 4.90 Å². The Morgan fingerprint density at radius 2 is 2.27 bits per heavy atom. The molecule has 1 aliphatic rings. The zero-order valence-corrected chi connectivity index (χ0v) is 8.66. The summed E-state index contributed by atoms with van der Waals surface area (Å²) in [6.07, 6.45) is 1.61. The lowest BCUT2D eigenvalue weighted by Crippen LogP contribution is -2.46. The predicted octanol–water partition coefficient (Wildman–Crippen LogP) is 2.56. The summed E-state index contributed by atoms with van der Waals surface area (Å²) in [7, 11) is 0. The molecule has 0 saturated carbocycles. The molecule has 0 spiro atoms. The minimum Gasteiger partial charge on any atom is -0.356 e. The van der Waals surface area contributed by atoms with Crippen molar-refractivity contribution in [1.82, 2.24) is 4.98 Å². The fourth-order valence-electron chi connectivity index (χ4n) is 1.83. The number of nitrogens with zero attached hydrogens (tertiary/aromatic N) is 2. The summed E-state index contributed by atoms with van der Waals surface area (Å²) in [6.45, 7) is 2.35. The van der Waals surface area contributed by atoms with Crippen molar-refractivity contribution < 1.29 is 8.78 Å². The molecule has 1 atom stereocenters. The van der Waals surface area contributed by atoms with E-state index in [0.29, 0.717) is 13.1 Å². The maximum Gasteiger partial charge on any atom is 0.254 e. The second-order valence-electron chi connectivity index (χ2n) is 4.05. The molecule has 2 heterocycles. The third-order valence-electron chi connectivity index (χ3n) is 2.90. The fraction of sp³-hybridized carbons (Fsp3) is 0.545. The molecule has 2 nitrogen and oxygen atoms in total. The molecule has 1 aliphatic heterocycles. The highest BCUT2D eigenvalue weighted by atomic mass is 19.3. The van der Waals surface area contributed by atoms with Gasteiger partial charge in [0, 0.05) is 31.6 Å². The predicted molar refractivity (Wildman–Crippen MR) is 55.2 cm³/mol. The first-order valence-electron chi connectivity index (χ1n) is 5.13. The maximum atomic E-state index is 13.2. The van der Waals surface area contributed by atoms with Gasteiger partial charge in [-0.25, -0.2) is 13.8 Å². The van der Waals surface area contributed by atoms with E-state index in [0.717, 1.165) is 5.82 Å². The maximum absolute atomic E-state index is 13.2. The highest BCUT2D eigenvalue weighted by Gasteiger charge is 2.41. The molecular formula is C11H14F2N2. The second-order valence-corrected chi connectivity index (χ2v) is 4.05. The highest BCUT2D eigenvalue weighted by Crippen LogP contribution is 2.34. The Morgan fingerprint density at radius 3 is 2.87 bits per heavy atom. The molecule has 0 aliphatic carbocycles. The minimum absolute atomic E-state index is 0.0786. The van der Waals surface area contributed by atoms with Crippen LogP contribution >= 0.6 is 0 Å². The van der Waals surface area contributed by atoms with E-state index in [2.05, 4.69) is 4.98 Å². The number of anilines is 1. The molecule has 15 heavy (non-hydrogen) atoms. The van der Waals surface area contributed by atoms with Crippen molar-refractivity contribution in [1.29, 1.82) is 0 Å². The van der Waals surface area contributed by atoms with Crippen LogP contribution in [0.2, 0.25) is 0 Å². The molecule has 0 unspecified atom stereocenters. The molecule has 2 rings (SSSR count). The number of pyridine rings is 1. The number of aromatic nitrogens is 1. The van der Waals surface area contributed by atoms with Crippen LogP contribution in [0.3, 0.4) is 0 Å². The van der Waals surface area contributed by atoms with Crippen molar-refractivity contribution >= 4 is 5.82 Å². The lowest BCUT2D eigenvalue weighted by Gasteiger charge is -2.37. The van der Waals surface area contributed by atoms with Gasteiger partial charge in [-0.1, -0.05) is 13.0 Å². The molecule has 82 valence electrons. The lowest BCUT2D eigenvalue weighted by atomic mass is 9.95. The zero-order chi connectivity index (χ0) is 10.9. The molecule has 0 radical (unpaired) electrons. The van der Waals surface area contributed by atoms with E-state index in [1.54, 1.807) is 13.1 Å². The summed E-state index contributed by atoms with van der Waals surface area (Å²) in [5, 5.41) is 0. The van der Waals surface area contributed by atoms with Crippen LogP contribution in [0.25, 0.3) is 0 Å². The van der Waals surface area contributed by atoms with Crippen molar-refractivity contribution in [2.75, 3.05) is 18.0 Å². The van der Waals surface area contributed by atoms with Crippen molar-refractivity contribution in [3.8, 4) is 0 Å². The summed E-state index contributed by atoms with van der Waals surface area (Å²) in [5.74, 6) is -2.33. The normalized spacial score (nSPS) is 25.3. The largest absolute Gasteiger partial charge is 0.356 e. The Bertz CT molecular complexity index is 327. The molecule has 4 heteroatoms.